The highest BCUT2D eigenvalue weighted by Crippen LogP contribution is 2.28. The molecule has 4 rings (SSSR count). The summed E-state index contributed by atoms with van der Waals surface area (Å²) in [5.41, 5.74) is 2.59. The van der Waals surface area contributed by atoms with Gasteiger partial charge < -0.3 is 15.5 Å². The highest BCUT2D eigenvalue weighted by Gasteiger charge is 2.16. The van der Waals surface area contributed by atoms with Crippen molar-refractivity contribution in [1.82, 2.24) is 9.97 Å². The number of benzene rings is 2. The zero-order valence-corrected chi connectivity index (χ0v) is 16.1. The van der Waals surface area contributed by atoms with E-state index in [1.54, 1.807) is 0 Å². The Kier molecular flexibility index (Phi) is 5.37. The van der Waals surface area contributed by atoms with Crippen LogP contribution in [0.15, 0.2) is 48.5 Å². The van der Waals surface area contributed by atoms with Gasteiger partial charge in [-0.05, 0) is 49.2 Å². The van der Waals surface area contributed by atoms with Gasteiger partial charge in [0.25, 0.3) is 0 Å². The van der Waals surface area contributed by atoms with E-state index in [0.29, 0.717) is 5.95 Å². The fourth-order valence-corrected chi connectivity index (χ4v) is 3.61. The molecular weight excluding hydrogens is 350 g/mol. The van der Waals surface area contributed by atoms with E-state index in [0.717, 1.165) is 41.2 Å². The van der Waals surface area contributed by atoms with Gasteiger partial charge in [-0.2, -0.15) is 4.98 Å². The van der Waals surface area contributed by atoms with Crippen molar-refractivity contribution in [3.05, 3.63) is 48.5 Å². The molecule has 1 fully saturated rings. The Labute approximate surface area is 165 Å². The van der Waals surface area contributed by atoms with Crippen LogP contribution in [-0.2, 0) is 4.79 Å². The van der Waals surface area contributed by atoms with Gasteiger partial charge in [0.2, 0.25) is 11.9 Å². The van der Waals surface area contributed by atoms with E-state index >= 15 is 0 Å². The molecule has 1 amide bonds. The number of para-hydroxylation sites is 1. The number of carbonyl (C=O) groups is 1. The predicted molar refractivity (Wildman–Crippen MR) is 114 cm³/mol. The van der Waals surface area contributed by atoms with Crippen LogP contribution < -0.4 is 15.5 Å². The SMILES string of the molecule is CC(=O)Nc1ccc(Nc2nc(N3CCCCCC3)c3ccccc3n2)cc1. The minimum atomic E-state index is -0.0827. The van der Waals surface area contributed by atoms with E-state index in [4.69, 9.17) is 9.97 Å². The van der Waals surface area contributed by atoms with Crippen LogP contribution in [0.25, 0.3) is 10.9 Å². The first-order chi connectivity index (χ1) is 13.7. The molecule has 144 valence electrons. The van der Waals surface area contributed by atoms with E-state index in [9.17, 15) is 4.79 Å². The molecule has 2 heterocycles. The molecule has 0 atom stereocenters. The van der Waals surface area contributed by atoms with Crippen molar-refractivity contribution in [2.45, 2.75) is 32.6 Å². The Morgan fingerprint density at radius 1 is 0.893 bits per heavy atom. The summed E-state index contributed by atoms with van der Waals surface area (Å²) in [6.45, 7) is 3.57. The normalized spacial score (nSPS) is 14.5. The number of nitrogens with one attached hydrogen (secondary N) is 2. The molecule has 1 aromatic heterocycles. The van der Waals surface area contributed by atoms with Crippen molar-refractivity contribution in [2.75, 3.05) is 28.6 Å². The van der Waals surface area contributed by atoms with Gasteiger partial charge in [0, 0.05) is 36.8 Å². The fraction of sp³-hybridized carbons (Fsp3) is 0.318. The second-order valence-corrected chi connectivity index (χ2v) is 7.17. The van der Waals surface area contributed by atoms with Crippen LogP contribution in [0, 0.1) is 0 Å². The molecule has 1 saturated heterocycles. The smallest absolute Gasteiger partial charge is 0.229 e. The number of anilines is 4. The molecule has 2 aromatic carbocycles. The maximum Gasteiger partial charge on any atom is 0.229 e. The number of fused-ring (bicyclic) bond motifs is 1. The van der Waals surface area contributed by atoms with Crippen LogP contribution in [0.1, 0.15) is 32.6 Å². The van der Waals surface area contributed by atoms with Gasteiger partial charge in [0.15, 0.2) is 0 Å². The molecule has 0 radical (unpaired) electrons. The van der Waals surface area contributed by atoms with Crippen molar-refractivity contribution in [1.29, 1.82) is 0 Å². The fourth-order valence-electron chi connectivity index (χ4n) is 3.61. The zero-order chi connectivity index (χ0) is 19.3. The number of hydrogen-bond donors (Lipinski definition) is 2. The Bertz CT molecular complexity index is 962. The van der Waals surface area contributed by atoms with Crippen LogP contribution in [-0.4, -0.2) is 29.0 Å². The zero-order valence-electron chi connectivity index (χ0n) is 16.1. The summed E-state index contributed by atoms with van der Waals surface area (Å²) in [6, 6.07) is 15.7. The van der Waals surface area contributed by atoms with Crippen LogP contribution in [0.5, 0.6) is 0 Å². The molecule has 6 nitrogen and oxygen atoms in total. The lowest BCUT2D eigenvalue weighted by Crippen LogP contribution is -2.25. The molecule has 6 heteroatoms. The van der Waals surface area contributed by atoms with E-state index in [1.807, 2.05) is 42.5 Å². The number of aromatic nitrogens is 2. The maximum absolute atomic E-state index is 11.2. The Morgan fingerprint density at radius 2 is 1.57 bits per heavy atom. The lowest BCUT2D eigenvalue weighted by Gasteiger charge is -2.23. The highest BCUT2D eigenvalue weighted by molar-refractivity contribution is 5.91. The molecule has 2 N–H and O–H groups in total. The van der Waals surface area contributed by atoms with Crippen molar-refractivity contribution in [3.8, 4) is 0 Å². The minimum absolute atomic E-state index is 0.0827. The largest absolute Gasteiger partial charge is 0.356 e. The summed E-state index contributed by atoms with van der Waals surface area (Å²) in [5.74, 6) is 1.51. The van der Waals surface area contributed by atoms with Crippen LogP contribution in [0.3, 0.4) is 0 Å². The standard InChI is InChI=1S/C22H25N5O/c1-16(28)23-17-10-12-18(13-11-17)24-22-25-20-9-5-4-8-19(20)21(26-22)27-14-6-2-3-7-15-27/h4-5,8-13H,2-3,6-7,14-15H2,1H3,(H,23,28)(H,24,25,26). The Morgan fingerprint density at radius 3 is 2.29 bits per heavy atom. The van der Waals surface area contributed by atoms with Gasteiger partial charge >= 0.3 is 0 Å². The second-order valence-electron chi connectivity index (χ2n) is 7.17. The monoisotopic (exact) mass is 375 g/mol. The summed E-state index contributed by atoms with van der Waals surface area (Å²) in [4.78, 5) is 23.1. The third-order valence-corrected chi connectivity index (χ3v) is 4.95. The van der Waals surface area contributed by atoms with Crippen LogP contribution >= 0.6 is 0 Å². The average molecular weight is 375 g/mol. The first-order valence-corrected chi connectivity index (χ1v) is 9.85. The number of amides is 1. The predicted octanol–water partition coefficient (Wildman–Crippen LogP) is 4.71. The lowest BCUT2D eigenvalue weighted by molar-refractivity contribution is -0.114. The van der Waals surface area contributed by atoms with E-state index in [1.165, 1.54) is 32.6 Å². The van der Waals surface area contributed by atoms with E-state index in [-0.39, 0.29) is 5.91 Å². The van der Waals surface area contributed by atoms with E-state index in [2.05, 4.69) is 21.6 Å². The minimum Gasteiger partial charge on any atom is -0.356 e. The van der Waals surface area contributed by atoms with Gasteiger partial charge in [-0.1, -0.05) is 25.0 Å². The number of rotatable bonds is 4. The van der Waals surface area contributed by atoms with E-state index < -0.39 is 0 Å². The summed E-state index contributed by atoms with van der Waals surface area (Å²) < 4.78 is 0. The lowest BCUT2D eigenvalue weighted by atomic mass is 10.2. The quantitative estimate of drug-likeness (QED) is 0.691. The number of nitrogens with zero attached hydrogens (tertiary/aromatic N) is 3. The van der Waals surface area contributed by atoms with Crippen molar-refractivity contribution < 1.29 is 4.79 Å². The molecule has 0 spiro atoms. The van der Waals surface area contributed by atoms with Gasteiger partial charge in [0.1, 0.15) is 5.82 Å². The molecule has 0 unspecified atom stereocenters. The first-order valence-electron chi connectivity index (χ1n) is 9.85. The summed E-state index contributed by atoms with van der Waals surface area (Å²) in [7, 11) is 0. The first kappa shape index (κ1) is 18.2. The number of hydrogen-bond acceptors (Lipinski definition) is 5. The maximum atomic E-state index is 11.2. The van der Waals surface area contributed by atoms with Crippen molar-refractivity contribution in [2.24, 2.45) is 0 Å². The molecule has 3 aromatic rings. The molecule has 28 heavy (non-hydrogen) atoms. The molecule has 1 aliphatic rings. The Hall–Kier alpha value is -3.15. The molecular formula is C22H25N5O. The third-order valence-electron chi connectivity index (χ3n) is 4.95. The topological polar surface area (TPSA) is 70.2 Å². The summed E-state index contributed by atoms with van der Waals surface area (Å²) in [5, 5.41) is 7.18. The molecule has 0 aliphatic carbocycles. The highest BCUT2D eigenvalue weighted by atomic mass is 16.1. The summed E-state index contributed by atoms with van der Waals surface area (Å²) in [6.07, 6.45) is 4.97. The molecule has 0 bridgehead atoms. The summed E-state index contributed by atoms with van der Waals surface area (Å²) >= 11 is 0. The second kappa shape index (κ2) is 8.25. The van der Waals surface area contributed by atoms with Crippen LogP contribution in [0.4, 0.5) is 23.1 Å². The van der Waals surface area contributed by atoms with Crippen molar-refractivity contribution in [3.63, 3.8) is 0 Å². The van der Waals surface area contributed by atoms with Gasteiger partial charge in [-0.25, -0.2) is 4.98 Å². The average Bonchev–Trinajstić information content (AvgIpc) is 2.98. The molecule has 1 aliphatic heterocycles. The third kappa shape index (κ3) is 4.22. The van der Waals surface area contributed by atoms with Gasteiger partial charge in [-0.15, -0.1) is 0 Å². The molecule has 0 saturated carbocycles. The van der Waals surface area contributed by atoms with Crippen LogP contribution in [0.2, 0.25) is 0 Å². The Balaban J connectivity index is 1.64. The number of carbonyl (C=O) groups excluding carboxylic acids is 1. The van der Waals surface area contributed by atoms with Gasteiger partial charge in [-0.3, -0.25) is 4.79 Å². The van der Waals surface area contributed by atoms with Crippen molar-refractivity contribution >= 4 is 40.0 Å². The van der Waals surface area contributed by atoms with Gasteiger partial charge in [0.05, 0.1) is 5.52 Å².